The number of aliphatic carboxylic acids is 1. The standard InChI is InChI=1S/C21H27N3O4/c25-19(26)8-7-15-4-3-11-24(14-15)20(27)16-9-12-23(13-10-16)21-22-17-5-1-2-6-18(17)28-21/h1-2,5-6,15-16H,3-4,7-14H2,(H,25,26). The molecule has 0 bridgehead atoms. The molecule has 28 heavy (non-hydrogen) atoms. The zero-order valence-electron chi connectivity index (χ0n) is 16.0. The Hall–Kier alpha value is -2.57. The van der Waals surface area contributed by atoms with Gasteiger partial charge in [-0.15, -0.1) is 0 Å². The van der Waals surface area contributed by atoms with Crippen molar-refractivity contribution in [1.29, 1.82) is 0 Å². The molecule has 1 amide bonds. The fourth-order valence-electron chi connectivity index (χ4n) is 4.40. The number of hydrogen-bond acceptors (Lipinski definition) is 5. The topological polar surface area (TPSA) is 86.9 Å². The van der Waals surface area contributed by atoms with Crippen LogP contribution in [0.15, 0.2) is 28.7 Å². The average Bonchev–Trinajstić information content (AvgIpc) is 3.16. The number of piperidine rings is 2. The number of aromatic nitrogens is 1. The summed E-state index contributed by atoms with van der Waals surface area (Å²) in [7, 11) is 0. The summed E-state index contributed by atoms with van der Waals surface area (Å²) in [6, 6.07) is 8.38. The maximum atomic E-state index is 13.0. The Morgan fingerprint density at radius 2 is 1.93 bits per heavy atom. The van der Waals surface area contributed by atoms with Crippen LogP contribution in [0.25, 0.3) is 11.1 Å². The van der Waals surface area contributed by atoms with Crippen LogP contribution in [0.4, 0.5) is 6.01 Å². The number of carbonyl (C=O) groups is 2. The number of oxazole rings is 1. The van der Waals surface area contributed by atoms with Crippen molar-refractivity contribution in [3.63, 3.8) is 0 Å². The molecule has 0 aliphatic carbocycles. The lowest BCUT2D eigenvalue weighted by molar-refractivity contribution is -0.138. The first-order chi connectivity index (χ1) is 13.6. The highest BCUT2D eigenvalue weighted by Crippen LogP contribution is 2.29. The van der Waals surface area contributed by atoms with Crippen LogP contribution in [-0.2, 0) is 9.59 Å². The first kappa shape index (κ1) is 18.8. The van der Waals surface area contributed by atoms with E-state index in [9.17, 15) is 9.59 Å². The predicted octanol–water partition coefficient (Wildman–Crippen LogP) is 3.15. The number of benzene rings is 1. The van der Waals surface area contributed by atoms with Gasteiger partial charge < -0.3 is 19.3 Å². The van der Waals surface area contributed by atoms with E-state index < -0.39 is 5.97 Å². The van der Waals surface area contributed by atoms with Gasteiger partial charge in [-0.2, -0.15) is 4.98 Å². The maximum Gasteiger partial charge on any atom is 0.303 e. The molecule has 7 heteroatoms. The maximum absolute atomic E-state index is 13.0. The summed E-state index contributed by atoms with van der Waals surface area (Å²) in [6.45, 7) is 3.03. The van der Waals surface area contributed by atoms with E-state index in [2.05, 4.69) is 9.88 Å². The van der Waals surface area contributed by atoms with Crippen LogP contribution in [-0.4, -0.2) is 53.0 Å². The number of nitrogens with zero attached hydrogens (tertiary/aromatic N) is 3. The molecule has 0 saturated carbocycles. The van der Waals surface area contributed by atoms with Crippen LogP contribution in [0.2, 0.25) is 0 Å². The SMILES string of the molecule is O=C(O)CCC1CCCN(C(=O)C2CCN(c3nc4ccccc4o3)CC2)C1. The largest absolute Gasteiger partial charge is 0.481 e. The zero-order valence-corrected chi connectivity index (χ0v) is 16.0. The van der Waals surface area contributed by atoms with E-state index in [1.54, 1.807) is 0 Å². The number of rotatable bonds is 5. The third-order valence-corrected chi connectivity index (χ3v) is 5.99. The van der Waals surface area contributed by atoms with Gasteiger partial charge in [-0.05, 0) is 50.2 Å². The molecule has 1 unspecified atom stereocenters. The molecular formula is C21H27N3O4. The molecule has 150 valence electrons. The van der Waals surface area contributed by atoms with Gasteiger partial charge >= 0.3 is 5.97 Å². The third kappa shape index (κ3) is 4.13. The number of amides is 1. The van der Waals surface area contributed by atoms with Gasteiger partial charge in [0.1, 0.15) is 5.52 Å². The van der Waals surface area contributed by atoms with Crippen molar-refractivity contribution < 1.29 is 19.1 Å². The second kappa shape index (κ2) is 8.20. The number of likely N-dealkylation sites (tertiary alicyclic amines) is 1. The summed E-state index contributed by atoms with van der Waals surface area (Å²) < 4.78 is 5.85. The molecule has 0 spiro atoms. The summed E-state index contributed by atoms with van der Waals surface area (Å²) >= 11 is 0. The number of anilines is 1. The van der Waals surface area contributed by atoms with Crippen molar-refractivity contribution in [3.8, 4) is 0 Å². The van der Waals surface area contributed by atoms with Crippen molar-refractivity contribution in [2.75, 3.05) is 31.1 Å². The number of fused-ring (bicyclic) bond motifs is 1. The molecule has 1 aromatic carbocycles. The molecule has 1 atom stereocenters. The van der Waals surface area contributed by atoms with E-state index in [0.29, 0.717) is 24.9 Å². The molecule has 3 heterocycles. The molecule has 0 radical (unpaired) electrons. The molecule has 1 aromatic heterocycles. The minimum absolute atomic E-state index is 0.0406. The summed E-state index contributed by atoms with van der Waals surface area (Å²) in [6.07, 6.45) is 4.44. The Bertz CT molecular complexity index is 808. The third-order valence-electron chi connectivity index (χ3n) is 5.99. The molecule has 2 saturated heterocycles. The summed E-state index contributed by atoms with van der Waals surface area (Å²) in [5.41, 5.74) is 1.65. The van der Waals surface area contributed by atoms with E-state index in [1.807, 2.05) is 29.2 Å². The van der Waals surface area contributed by atoms with E-state index in [1.165, 1.54) is 0 Å². The molecular weight excluding hydrogens is 358 g/mol. The van der Waals surface area contributed by atoms with Crippen LogP contribution < -0.4 is 4.90 Å². The van der Waals surface area contributed by atoms with Crippen LogP contribution >= 0.6 is 0 Å². The van der Waals surface area contributed by atoms with Crippen molar-refractivity contribution in [2.45, 2.75) is 38.5 Å². The quantitative estimate of drug-likeness (QED) is 0.851. The molecule has 2 aliphatic rings. The van der Waals surface area contributed by atoms with E-state index in [0.717, 1.165) is 56.4 Å². The van der Waals surface area contributed by atoms with Gasteiger partial charge in [-0.25, -0.2) is 0 Å². The number of carboxylic acid groups (broad SMARTS) is 1. The lowest BCUT2D eigenvalue weighted by atomic mass is 9.90. The Balaban J connectivity index is 1.31. The highest BCUT2D eigenvalue weighted by atomic mass is 16.4. The molecule has 4 rings (SSSR count). The number of hydrogen-bond donors (Lipinski definition) is 1. The van der Waals surface area contributed by atoms with E-state index >= 15 is 0 Å². The Morgan fingerprint density at radius 3 is 2.68 bits per heavy atom. The van der Waals surface area contributed by atoms with E-state index in [4.69, 9.17) is 9.52 Å². The average molecular weight is 385 g/mol. The van der Waals surface area contributed by atoms with E-state index in [-0.39, 0.29) is 18.2 Å². The van der Waals surface area contributed by atoms with Crippen LogP contribution in [0, 0.1) is 11.8 Å². The molecule has 2 fully saturated rings. The normalized spacial score (nSPS) is 21.2. The fourth-order valence-corrected chi connectivity index (χ4v) is 4.40. The smallest absolute Gasteiger partial charge is 0.303 e. The van der Waals surface area contributed by atoms with Gasteiger partial charge in [0.2, 0.25) is 5.91 Å². The van der Waals surface area contributed by atoms with Crippen LogP contribution in [0.5, 0.6) is 0 Å². The molecule has 7 nitrogen and oxygen atoms in total. The zero-order chi connectivity index (χ0) is 19.5. The van der Waals surface area contributed by atoms with Crippen molar-refractivity contribution >= 4 is 29.0 Å². The fraction of sp³-hybridized carbons (Fsp3) is 0.571. The van der Waals surface area contributed by atoms with Crippen LogP contribution in [0.3, 0.4) is 0 Å². The molecule has 1 N–H and O–H groups in total. The highest BCUT2D eigenvalue weighted by molar-refractivity contribution is 5.79. The number of carbonyl (C=O) groups excluding carboxylic acids is 1. The predicted molar refractivity (Wildman–Crippen MR) is 105 cm³/mol. The minimum atomic E-state index is -0.755. The van der Waals surface area contributed by atoms with Gasteiger partial charge in [-0.1, -0.05) is 12.1 Å². The Morgan fingerprint density at radius 1 is 1.14 bits per heavy atom. The van der Waals surface area contributed by atoms with Gasteiger partial charge in [0, 0.05) is 38.5 Å². The van der Waals surface area contributed by atoms with Gasteiger partial charge in [0.15, 0.2) is 5.58 Å². The van der Waals surface area contributed by atoms with Gasteiger partial charge in [-0.3, -0.25) is 9.59 Å². The molecule has 2 aromatic rings. The van der Waals surface area contributed by atoms with Crippen LogP contribution in [0.1, 0.15) is 38.5 Å². The Labute approximate surface area is 164 Å². The summed E-state index contributed by atoms with van der Waals surface area (Å²) in [5.74, 6) is -0.167. The second-order valence-corrected chi connectivity index (χ2v) is 7.95. The van der Waals surface area contributed by atoms with Crippen molar-refractivity contribution in [1.82, 2.24) is 9.88 Å². The number of carboxylic acids is 1. The van der Waals surface area contributed by atoms with Gasteiger partial charge in [0.25, 0.3) is 6.01 Å². The van der Waals surface area contributed by atoms with Gasteiger partial charge in [0.05, 0.1) is 0 Å². The summed E-state index contributed by atoms with van der Waals surface area (Å²) in [5, 5.41) is 8.89. The van der Waals surface area contributed by atoms with Crippen molar-refractivity contribution in [2.24, 2.45) is 11.8 Å². The number of para-hydroxylation sites is 2. The highest BCUT2D eigenvalue weighted by Gasteiger charge is 2.32. The Kier molecular flexibility index (Phi) is 5.50. The molecule has 2 aliphatic heterocycles. The lowest BCUT2D eigenvalue weighted by Crippen LogP contribution is -2.46. The second-order valence-electron chi connectivity index (χ2n) is 7.95. The monoisotopic (exact) mass is 385 g/mol. The summed E-state index contributed by atoms with van der Waals surface area (Å²) in [4.78, 5) is 32.4. The lowest BCUT2D eigenvalue weighted by Gasteiger charge is -2.37. The minimum Gasteiger partial charge on any atom is -0.481 e. The van der Waals surface area contributed by atoms with Crippen molar-refractivity contribution in [3.05, 3.63) is 24.3 Å². The first-order valence-electron chi connectivity index (χ1n) is 10.2. The first-order valence-corrected chi connectivity index (χ1v) is 10.2.